The van der Waals surface area contributed by atoms with Crippen LogP contribution in [-0.2, 0) is 6.54 Å². The van der Waals surface area contributed by atoms with Crippen molar-refractivity contribution < 1.29 is 23.4 Å². The average molecular weight is 323 g/mol. The van der Waals surface area contributed by atoms with Crippen LogP contribution in [0.3, 0.4) is 0 Å². The fourth-order valence-corrected chi connectivity index (χ4v) is 2.14. The van der Waals surface area contributed by atoms with Gasteiger partial charge in [0.15, 0.2) is 0 Å². The molecular weight excluding hydrogens is 304 g/mol. The summed E-state index contributed by atoms with van der Waals surface area (Å²) in [5.74, 6) is 0.861. The summed E-state index contributed by atoms with van der Waals surface area (Å²) in [7, 11) is 0. The molecule has 0 aliphatic rings. The first kappa shape index (κ1) is 17.0. The van der Waals surface area contributed by atoms with Gasteiger partial charge in [0.1, 0.15) is 18.1 Å². The second-order valence-corrected chi connectivity index (χ2v) is 4.89. The molecule has 23 heavy (non-hydrogen) atoms. The van der Waals surface area contributed by atoms with Gasteiger partial charge >= 0.3 is 6.61 Å². The first-order valence-corrected chi connectivity index (χ1v) is 7.21. The Morgan fingerprint density at radius 1 is 1.13 bits per heavy atom. The van der Waals surface area contributed by atoms with Crippen molar-refractivity contribution in [2.24, 2.45) is 0 Å². The van der Waals surface area contributed by atoms with Crippen LogP contribution in [0.25, 0.3) is 0 Å². The van der Waals surface area contributed by atoms with Gasteiger partial charge in [-0.1, -0.05) is 18.2 Å². The molecule has 0 aliphatic carbocycles. The van der Waals surface area contributed by atoms with Crippen LogP contribution in [0.5, 0.6) is 11.5 Å². The summed E-state index contributed by atoms with van der Waals surface area (Å²) in [5, 5.41) is 11.9. The third-order valence-electron chi connectivity index (χ3n) is 3.20. The van der Waals surface area contributed by atoms with Gasteiger partial charge in [-0.05, 0) is 36.8 Å². The van der Waals surface area contributed by atoms with Gasteiger partial charge in [-0.15, -0.1) is 0 Å². The highest BCUT2D eigenvalue weighted by molar-refractivity contribution is 5.49. The highest BCUT2D eigenvalue weighted by atomic mass is 19.3. The Morgan fingerprint density at radius 3 is 2.52 bits per heavy atom. The molecule has 0 atom stereocenters. The molecule has 0 spiro atoms. The fourth-order valence-electron chi connectivity index (χ4n) is 2.14. The van der Waals surface area contributed by atoms with E-state index in [4.69, 9.17) is 9.84 Å². The standard InChI is InChI=1S/C17H19F2NO3/c1-12-3-2-4-13(16(12)23-17(18)19)11-20-14-5-7-15(8-6-14)22-10-9-21/h2-8,17,20-21H,9-11H2,1H3. The van der Waals surface area contributed by atoms with Gasteiger partial charge in [0.2, 0.25) is 0 Å². The largest absolute Gasteiger partial charge is 0.491 e. The van der Waals surface area contributed by atoms with Crippen LogP contribution in [-0.4, -0.2) is 24.9 Å². The number of para-hydroxylation sites is 1. The molecule has 6 heteroatoms. The van der Waals surface area contributed by atoms with Crippen LogP contribution in [0.2, 0.25) is 0 Å². The van der Waals surface area contributed by atoms with Crippen molar-refractivity contribution >= 4 is 5.69 Å². The topological polar surface area (TPSA) is 50.7 Å². The van der Waals surface area contributed by atoms with Crippen molar-refractivity contribution in [3.63, 3.8) is 0 Å². The molecule has 0 heterocycles. The summed E-state index contributed by atoms with van der Waals surface area (Å²) < 4.78 is 34.9. The second-order valence-electron chi connectivity index (χ2n) is 4.89. The van der Waals surface area contributed by atoms with E-state index in [1.807, 2.05) is 12.1 Å². The lowest BCUT2D eigenvalue weighted by atomic mass is 10.1. The van der Waals surface area contributed by atoms with Crippen LogP contribution in [0.15, 0.2) is 42.5 Å². The number of aryl methyl sites for hydroxylation is 1. The van der Waals surface area contributed by atoms with Gasteiger partial charge in [0.05, 0.1) is 6.61 Å². The smallest absolute Gasteiger partial charge is 0.387 e. The molecule has 4 nitrogen and oxygen atoms in total. The number of nitrogens with one attached hydrogen (secondary N) is 1. The number of hydrogen-bond donors (Lipinski definition) is 2. The third kappa shape index (κ3) is 5.10. The molecule has 2 aromatic rings. The zero-order valence-electron chi connectivity index (χ0n) is 12.8. The number of alkyl halides is 2. The molecule has 2 rings (SSSR count). The maximum absolute atomic E-state index is 12.5. The highest BCUT2D eigenvalue weighted by Gasteiger charge is 2.12. The van der Waals surface area contributed by atoms with E-state index in [1.165, 1.54) is 0 Å². The van der Waals surface area contributed by atoms with Crippen molar-refractivity contribution in [1.29, 1.82) is 0 Å². The molecule has 0 saturated carbocycles. The minimum Gasteiger partial charge on any atom is -0.491 e. The highest BCUT2D eigenvalue weighted by Crippen LogP contribution is 2.26. The molecule has 2 aromatic carbocycles. The van der Waals surface area contributed by atoms with Crippen LogP contribution in [0, 0.1) is 6.92 Å². The van der Waals surface area contributed by atoms with E-state index in [0.29, 0.717) is 23.4 Å². The number of benzene rings is 2. The summed E-state index contributed by atoms with van der Waals surface area (Å²) in [5.41, 5.74) is 2.15. The predicted octanol–water partition coefficient (Wildman–Crippen LogP) is 3.58. The molecule has 0 aliphatic heterocycles. The molecule has 0 aromatic heterocycles. The molecule has 0 saturated heterocycles. The normalized spacial score (nSPS) is 10.7. The molecule has 2 N–H and O–H groups in total. The lowest BCUT2D eigenvalue weighted by Crippen LogP contribution is -2.08. The van der Waals surface area contributed by atoms with E-state index < -0.39 is 6.61 Å². The Morgan fingerprint density at radius 2 is 1.87 bits per heavy atom. The maximum atomic E-state index is 12.5. The van der Waals surface area contributed by atoms with Crippen LogP contribution < -0.4 is 14.8 Å². The first-order valence-electron chi connectivity index (χ1n) is 7.21. The van der Waals surface area contributed by atoms with Crippen molar-refractivity contribution in [1.82, 2.24) is 0 Å². The van der Waals surface area contributed by atoms with Gasteiger partial charge in [-0.25, -0.2) is 0 Å². The van der Waals surface area contributed by atoms with Crippen molar-refractivity contribution in [2.45, 2.75) is 20.1 Å². The third-order valence-corrected chi connectivity index (χ3v) is 3.20. The number of hydrogen-bond acceptors (Lipinski definition) is 4. The number of anilines is 1. The van der Waals surface area contributed by atoms with E-state index in [-0.39, 0.29) is 19.0 Å². The Bertz CT molecular complexity index is 618. The van der Waals surface area contributed by atoms with Crippen molar-refractivity contribution in [3.8, 4) is 11.5 Å². The summed E-state index contributed by atoms with van der Waals surface area (Å²) in [6.45, 7) is -0.558. The Balaban J connectivity index is 2.01. The lowest BCUT2D eigenvalue weighted by Gasteiger charge is -2.14. The quantitative estimate of drug-likeness (QED) is 0.780. The number of halogens is 2. The molecule has 0 bridgehead atoms. The minimum atomic E-state index is -2.85. The van der Waals surface area contributed by atoms with Crippen molar-refractivity contribution in [3.05, 3.63) is 53.6 Å². The number of aliphatic hydroxyl groups excluding tert-OH is 1. The Labute approximate surface area is 133 Å². The molecule has 0 radical (unpaired) electrons. The maximum Gasteiger partial charge on any atom is 0.387 e. The van der Waals surface area contributed by atoms with Crippen LogP contribution in [0.4, 0.5) is 14.5 Å². The van der Waals surface area contributed by atoms with E-state index in [2.05, 4.69) is 10.1 Å². The lowest BCUT2D eigenvalue weighted by molar-refractivity contribution is -0.0508. The number of rotatable bonds is 8. The monoisotopic (exact) mass is 323 g/mol. The van der Waals surface area contributed by atoms with Gasteiger partial charge in [0.25, 0.3) is 0 Å². The summed E-state index contributed by atoms with van der Waals surface area (Å²) >= 11 is 0. The van der Waals surface area contributed by atoms with Crippen molar-refractivity contribution in [2.75, 3.05) is 18.5 Å². The average Bonchev–Trinajstić information content (AvgIpc) is 2.54. The minimum absolute atomic E-state index is 0.0414. The van der Waals surface area contributed by atoms with E-state index in [0.717, 1.165) is 5.69 Å². The van der Waals surface area contributed by atoms with Gasteiger partial charge in [-0.3, -0.25) is 0 Å². The zero-order chi connectivity index (χ0) is 16.7. The molecule has 124 valence electrons. The fraction of sp³-hybridized carbons (Fsp3) is 0.294. The molecule has 0 amide bonds. The summed E-state index contributed by atoms with van der Waals surface area (Å²) in [6.07, 6.45) is 0. The first-order chi connectivity index (χ1) is 11.1. The summed E-state index contributed by atoms with van der Waals surface area (Å²) in [4.78, 5) is 0. The Kier molecular flexibility index (Phi) is 6.17. The molecular formula is C17H19F2NO3. The predicted molar refractivity (Wildman–Crippen MR) is 84.2 cm³/mol. The second kappa shape index (κ2) is 8.33. The number of aliphatic hydroxyl groups is 1. The van der Waals surface area contributed by atoms with Gasteiger partial charge in [-0.2, -0.15) is 8.78 Å². The SMILES string of the molecule is Cc1cccc(CNc2ccc(OCCO)cc2)c1OC(F)F. The number of ether oxygens (including phenoxy) is 2. The molecule has 0 fully saturated rings. The van der Waals surface area contributed by atoms with Crippen LogP contribution in [0.1, 0.15) is 11.1 Å². The van der Waals surface area contributed by atoms with E-state index in [9.17, 15) is 8.78 Å². The van der Waals surface area contributed by atoms with Crippen LogP contribution >= 0.6 is 0 Å². The molecule has 0 unspecified atom stereocenters. The van der Waals surface area contributed by atoms with E-state index in [1.54, 1.807) is 37.3 Å². The van der Waals surface area contributed by atoms with Gasteiger partial charge in [0, 0.05) is 17.8 Å². The Hall–Kier alpha value is -2.34. The zero-order valence-corrected chi connectivity index (χ0v) is 12.8. The van der Waals surface area contributed by atoms with E-state index >= 15 is 0 Å². The summed E-state index contributed by atoms with van der Waals surface area (Å²) in [6, 6.07) is 12.4. The van der Waals surface area contributed by atoms with Gasteiger partial charge < -0.3 is 19.9 Å².